The van der Waals surface area contributed by atoms with E-state index in [0.717, 1.165) is 0 Å². The standard InChI is InChI=1S/C12H8N2O2/c15-12-9-4-1-2-5-11(9)16-8-10(12)14-7-3-6-13-14/h1-8H. The van der Waals surface area contributed by atoms with E-state index < -0.39 is 0 Å². The quantitative estimate of drug-likeness (QED) is 0.619. The number of nitrogens with zero attached hydrogens (tertiary/aromatic N) is 2. The highest BCUT2D eigenvalue weighted by Gasteiger charge is 2.07. The molecule has 0 aliphatic heterocycles. The zero-order valence-corrected chi connectivity index (χ0v) is 8.33. The molecule has 0 N–H and O–H groups in total. The molecule has 1 aromatic carbocycles. The Morgan fingerprint density at radius 1 is 1.19 bits per heavy atom. The Kier molecular flexibility index (Phi) is 1.86. The summed E-state index contributed by atoms with van der Waals surface area (Å²) in [6.45, 7) is 0. The normalized spacial score (nSPS) is 10.8. The number of hydrogen-bond acceptors (Lipinski definition) is 3. The van der Waals surface area contributed by atoms with Crippen LogP contribution in [0.15, 0.2) is 58.2 Å². The van der Waals surface area contributed by atoms with E-state index in [1.54, 1.807) is 30.6 Å². The minimum atomic E-state index is -0.0782. The third-order valence-electron chi connectivity index (χ3n) is 2.41. The summed E-state index contributed by atoms with van der Waals surface area (Å²) in [4.78, 5) is 12.1. The van der Waals surface area contributed by atoms with Crippen LogP contribution in [-0.2, 0) is 0 Å². The van der Waals surface area contributed by atoms with E-state index in [1.807, 2.05) is 12.1 Å². The van der Waals surface area contributed by atoms with Gasteiger partial charge in [-0.15, -0.1) is 0 Å². The molecule has 16 heavy (non-hydrogen) atoms. The molecule has 0 atom stereocenters. The molecule has 3 aromatic rings. The molecule has 0 amide bonds. The minimum Gasteiger partial charge on any atom is -0.462 e. The van der Waals surface area contributed by atoms with E-state index in [4.69, 9.17) is 4.42 Å². The van der Waals surface area contributed by atoms with Crippen LogP contribution in [0.5, 0.6) is 0 Å². The van der Waals surface area contributed by atoms with Gasteiger partial charge in [0.25, 0.3) is 0 Å². The first-order valence-corrected chi connectivity index (χ1v) is 4.87. The van der Waals surface area contributed by atoms with Gasteiger partial charge in [0.2, 0.25) is 5.43 Å². The van der Waals surface area contributed by atoms with Gasteiger partial charge in [-0.25, -0.2) is 4.68 Å². The van der Waals surface area contributed by atoms with E-state index in [2.05, 4.69) is 5.10 Å². The van der Waals surface area contributed by atoms with Crippen LogP contribution in [0.1, 0.15) is 0 Å². The van der Waals surface area contributed by atoms with Crippen molar-refractivity contribution in [2.24, 2.45) is 0 Å². The largest absolute Gasteiger partial charge is 0.462 e. The summed E-state index contributed by atoms with van der Waals surface area (Å²) in [5.41, 5.74) is 0.928. The molecule has 0 bridgehead atoms. The second-order valence-electron chi connectivity index (χ2n) is 3.40. The summed E-state index contributed by atoms with van der Waals surface area (Å²) < 4.78 is 6.88. The molecular weight excluding hydrogens is 204 g/mol. The Morgan fingerprint density at radius 2 is 2.06 bits per heavy atom. The predicted molar refractivity (Wildman–Crippen MR) is 59.6 cm³/mol. The number of fused-ring (bicyclic) bond motifs is 1. The van der Waals surface area contributed by atoms with Gasteiger partial charge in [-0.05, 0) is 18.2 Å². The predicted octanol–water partition coefficient (Wildman–Crippen LogP) is 1.98. The summed E-state index contributed by atoms with van der Waals surface area (Å²) >= 11 is 0. The van der Waals surface area contributed by atoms with E-state index in [0.29, 0.717) is 16.7 Å². The first-order valence-electron chi connectivity index (χ1n) is 4.87. The Bertz CT molecular complexity index is 684. The van der Waals surface area contributed by atoms with Crippen LogP contribution >= 0.6 is 0 Å². The van der Waals surface area contributed by atoms with Crippen LogP contribution in [0.4, 0.5) is 0 Å². The third-order valence-corrected chi connectivity index (χ3v) is 2.41. The molecule has 0 saturated carbocycles. The molecule has 4 heteroatoms. The Balaban J connectivity index is 2.37. The van der Waals surface area contributed by atoms with Gasteiger partial charge >= 0.3 is 0 Å². The minimum absolute atomic E-state index is 0.0782. The Morgan fingerprint density at radius 3 is 2.88 bits per heavy atom. The summed E-state index contributed by atoms with van der Waals surface area (Å²) in [5.74, 6) is 0. The highest BCUT2D eigenvalue weighted by atomic mass is 16.3. The first kappa shape index (κ1) is 8.91. The highest BCUT2D eigenvalue weighted by molar-refractivity contribution is 5.77. The van der Waals surface area contributed by atoms with Gasteiger partial charge in [0.15, 0.2) is 0 Å². The van der Waals surface area contributed by atoms with Crippen LogP contribution in [0.3, 0.4) is 0 Å². The number of para-hydroxylation sites is 1. The highest BCUT2D eigenvalue weighted by Crippen LogP contribution is 2.11. The van der Waals surface area contributed by atoms with Crippen LogP contribution in [-0.4, -0.2) is 9.78 Å². The molecule has 2 aromatic heterocycles. The van der Waals surface area contributed by atoms with Crippen molar-refractivity contribution in [1.29, 1.82) is 0 Å². The second-order valence-corrected chi connectivity index (χ2v) is 3.40. The van der Waals surface area contributed by atoms with Crippen molar-refractivity contribution in [2.45, 2.75) is 0 Å². The SMILES string of the molecule is O=c1c(-n2cccn2)coc2ccccc12. The summed E-state index contributed by atoms with van der Waals surface area (Å²) in [7, 11) is 0. The van der Waals surface area contributed by atoms with Gasteiger partial charge in [-0.1, -0.05) is 12.1 Å². The third kappa shape index (κ3) is 1.24. The molecule has 78 valence electrons. The van der Waals surface area contributed by atoms with Crippen molar-refractivity contribution in [3.63, 3.8) is 0 Å². The molecule has 2 heterocycles. The lowest BCUT2D eigenvalue weighted by atomic mass is 10.2. The van der Waals surface area contributed by atoms with Crippen molar-refractivity contribution in [1.82, 2.24) is 9.78 Å². The molecule has 0 unspecified atom stereocenters. The molecule has 0 aliphatic carbocycles. The zero-order valence-electron chi connectivity index (χ0n) is 8.33. The lowest BCUT2D eigenvalue weighted by Gasteiger charge is -2.01. The van der Waals surface area contributed by atoms with Crippen LogP contribution in [0, 0.1) is 0 Å². The van der Waals surface area contributed by atoms with Crippen molar-refractivity contribution < 1.29 is 4.42 Å². The van der Waals surface area contributed by atoms with Crippen LogP contribution in [0.2, 0.25) is 0 Å². The maximum Gasteiger partial charge on any atom is 0.218 e. The van der Waals surface area contributed by atoms with Crippen molar-refractivity contribution in [2.75, 3.05) is 0 Å². The molecule has 3 rings (SSSR count). The molecule has 4 nitrogen and oxygen atoms in total. The van der Waals surface area contributed by atoms with Gasteiger partial charge in [-0.3, -0.25) is 4.79 Å². The number of aromatic nitrogens is 2. The fourth-order valence-electron chi connectivity index (χ4n) is 1.64. The van der Waals surface area contributed by atoms with Crippen molar-refractivity contribution in [3.8, 4) is 5.69 Å². The fraction of sp³-hybridized carbons (Fsp3) is 0. The average molecular weight is 212 g/mol. The lowest BCUT2D eigenvalue weighted by molar-refractivity contribution is 0.593. The van der Waals surface area contributed by atoms with Gasteiger partial charge < -0.3 is 4.42 Å². The van der Waals surface area contributed by atoms with Crippen LogP contribution in [0.25, 0.3) is 16.7 Å². The van der Waals surface area contributed by atoms with Crippen LogP contribution < -0.4 is 5.43 Å². The van der Waals surface area contributed by atoms with E-state index >= 15 is 0 Å². The lowest BCUT2D eigenvalue weighted by Crippen LogP contribution is -2.11. The van der Waals surface area contributed by atoms with Gasteiger partial charge in [0.05, 0.1) is 5.39 Å². The first-order chi connectivity index (χ1) is 7.86. The average Bonchev–Trinajstić information content (AvgIpc) is 2.83. The molecule has 0 radical (unpaired) electrons. The van der Waals surface area contributed by atoms with E-state index in [-0.39, 0.29) is 5.43 Å². The topological polar surface area (TPSA) is 48.0 Å². The smallest absolute Gasteiger partial charge is 0.218 e. The maximum absolute atomic E-state index is 12.1. The molecule has 0 aliphatic rings. The van der Waals surface area contributed by atoms with Crippen molar-refractivity contribution >= 4 is 11.0 Å². The molecule has 0 spiro atoms. The molecule has 0 saturated heterocycles. The van der Waals surface area contributed by atoms with Gasteiger partial charge in [-0.2, -0.15) is 5.10 Å². The fourth-order valence-corrected chi connectivity index (χ4v) is 1.64. The monoisotopic (exact) mass is 212 g/mol. The zero-order chi connectivity index (χ0) is 11.0. The second kappa shape index (κ2) is 3.34. The van der Waals surface area contributed by atoms with Crippen molar-refractivity contribution in [3.05, 3.63) is 59.2 Å². The number of benzene rings is 1. The van der Waals surface area contributed by atoms with E-state index in [9.17, 15) is 4.79 Å². The number of rotatable bonds is 1. The van der Waals surface area contributed by atoms with Gasteiger partial charge in [0, 0.05) is 12.4 Å². The Hall–Kier alpha value is -2.36. The Labute approximate surface area is 90.7 Å². The summed E-state index contributed by atoms with van der Waals surface area (Å²) in [6.07, 6.45) is 4.76. The summed E-state index contributed by atoms with van der Waals surface area (Å²) in [5, 5.41) is 4.58. The van der Waals surface area contributed by atoms with E-state index in [1.165, 1.54) is 10.9 Å². The maximum atomic E-state index is 12.1. The summed E-state index contributed by atoms with van der Waals surface area (Å²) in [6, 6.07) is 8.91. The molecular formula is C12H8N2O2. The molecule has 0 fully saturated rings. The van der Waals surface area contributed by atoms with Gasteiger partial charge in [0.1, 0.15) is 17.5 Å². The number of hydrogen-bond donors (Lipinski definition) is 0.